The van der Waals surface area contributed by atoms with Crippen LogP contribution in [0.4, 0.5) is 0 Å². The van der Waals surface area contributed by atoms with Crippen LogP contribution < -0.4 is 0 Å². The maximum Gasteiger partial charge on any atom is 0.122 e. The van der Waals surface area contributed by atoms with E-state index in [4.69, 9.17) is 4.84 Å². The molecule has 0 spiro atoms. The lowest BCUT2D eigenvalue weighted by atomic mass is 9.87. The van der Waals surface area contributed by atoms with Crippen LogP contribution in [0.5, 0.6) is 0 Å². The van der Waals surface area contributed by atoms with E-state index in [1.165, 1.54) is 19.3 Å². The van der Waals surface area contributed by atoms with Gasteiger partial charge >= 0.3 is 0 Å². The van der Waals surface area contributed by atoms with Crippen LogP contribution in [0.25, 0.3) is 0 Å². The highest BCUT2D eigenvalue weighted by atomic mass is 16.6. The van der Waals surface area contributed by atoms with Gasteiger partial charge in [-0.05, 0) is 26.7 Å². The zero-order valence-electron chi connectivity index (χ0n) is 6.63. The zero-order valence-corrected chi connectivity index (χ0v) is 6.63. The number of rotatable bonds is 3. The van der Waals surface area contributed by atoms with Crippen molar-refractivity contribution >= 4 is 6.21 Å². The third-order valence-corrected chi connectivity index (χ3v) is 1.60. The molecule has 0 aromatic rings. The highest BCUT2D eigenvalue weighted by molar-refractivity contribution is 5.60. The summed E-state index contributed by atoms with van der Waals surface area (Å²) in [7, 11) is 0. The molecule has 0 aliphatic heterocycles. The molecule has 1 saturated carbocycles. The predicted octanol–water partition coefficient (Wildman–Crippen LogP) is 2.07. The SMILES string of the molecule is CC(C)O/N=[C]/C1CCC1. The van der Waals surface area contributed by atoms with Gasteiger partial charge in [-0.3, -0.25) is 0 Å². The van der Waals surface area contributed by atoms with Crippen LogP contribution in [0.1, 0.15) is 33.1 Å². The molecule has 57 valence electrons. The Labute approximate surface area is 62.3 Å². The fraction of sp³-hybridized carbons (Fsp3) is 0.875. The minimum Gasteiger partial charge on any atom is -0.393 e. The Morgan fingerprint density at radius 2 is 2.20 bits per heavy atom. The lowest BCUT2D eigenvalue weighted by Crippen LogP contribution is -2.12. The first kappa shape index (κ1) is 7.58. The van der Waals surface area contributed by atoms with Crippen molar-refractivity contribution in [3.8, 4) is 0 Å². The molecule has 0 aromatic heterocycles. The Morgan fingerprint density at radius 1 is 1.50 bits per heavy atom. The fourth-order valence-corrected chi connectivity index (χ4v) is 0.748. The number of hydrogen-bond donors (Lipinski definition) is 0. The molecular weight excluding hydrogens is 126 g/mol. The average Bonchev–Trinajstić information content (AvgIpc) is 1.75. The Balaban J connectivity index is 2.04. The molecule has 10 heavy (non-hydrogen) atoms. The molecule has 1 radical (unpaired) electrons. The molecule has 1 rings (SSSR count). The Morgan fingerprint density at radius 3 is 2.60 bits per heavy atom. The van der Waals surface area contributed by atoms with E-state index in [-0.39, 0.29) is 6.10 Å². The third-order valence-electron chi connectivity index (χ3n) is 1.60. The molecule has 0 heterocycles. The quantitative estimate of drug-likeness (QED) is 0.434. The van der Waals surface area contributed by atoms with Crippen LogP contribution in [0.3, 0.4) is 0 Å². The molecule has 0 bridgehead atoms. The summed E-state index contributed by atoms with van der Waals surface area (Å²) in [6.45, 7) is 3.93. The van der Waals surface area contributed by atoms with Gasteiger partial charge in [0.25, 0.3) is 0 Å². The lowest BCUT2D eigenvalue weighted by molar-refractivity contribution is 0.0854. The Hall–Kier alpha value is -0.530. The second-order valence-electron chi connectivity index (χ2n) is 3.00. The van der Waals surface area contributed by atoms with Gasteiger partial charge in [0.1, 0.15) is 12.3 Å². The summed E-state index contributed by atoms with van der Waals surface area (Å²) in [6.07, 6.45) is 6.95. The maximum atomic E-state index is 4.96. The van der Waals surface area contributed by atoms with Crippen LogP contribution in [-0.4, -0.2) is 12.3 Å². The lowest BCUT2D eigenvalue weighted by Gasteiger charge is -2.19. The van der Waals surface area contributed by atoms with Crippen LogP contribution >= 0.6 is 0 Å². The highest BCUT2D eigenvalue weighted by Crippen LogP contribution is 2.24. The van der Waals surface area contributed by atoms with E-state index in [0.29, 0.717) is 5.92 Å². The van der Waals surface area contributed by atoms with Crippen molar-refractivity contribution in [2.75, 3.05) is 0 Å². The monoisotopic (exact) mass is 140 g/mol. The summed E-state index contributed by atoms with van der Waals surface area (Å²) in [4.78, 5) is 4.96. The number of nitrogens with zero attached hydrogens (tertiary/aromatic N) is 1. The van der Waals surface area contributed by atoms with E-state index in [2.05, 4.69) is 11.4 Å². The van der Waals surface area contributed by atoms with Crippen molar-refractivity contribution in [3.63, 3.8) is 0 Å². The second kappa shape index (κ2) is 3.59. The average molecular weight is 140 g/mol. The molecule has 2 heteroatoms. The summed E-state index contributed by atoms with van der Waals surface area (Å²) in [5, 5.41) is 3.74. The van der Waals surface area contributed by atoms with E-state index < -0.39 is 0 Å². The Kier molecular flexibility index (Phi) is 2.72. The van der Waals surface area contributed by atoms with Gasteiger partial charge in [-0.2, -0.15) is 0 Å². The molecule has 2 nitrogen and oxygen atoms in total. The van der Waals surface area contributed by atoms with E-state index in [9.17, 15) is 0 Å². The van der Waals surface area contributed by atoms with Crippen LogP contribution in [-0.2, 0) is 4.84 Å². The largest absolute Gasteiger partial charge is 0.393 e. The van der Waals surface area contributed by atoms with Crippen molar-refractivity contribution in [1.29, 1.82) is 0 Å². The highest BCUT2D eigenvalue weighted by Gasteiger charge is 2.15. The summed E-state index contributed by atoms with van der Waals surface area (Å²) >= 11 is 0. The number of hydrogen-bond acceptors (Lipinski definition) is 2. The molecule has 0 aromatic carbocycles. The molecule has 0 amide bonds. The van der Waals surface area contributed by atoms with Gasteiger partial charge in [-0.25, -0.2) is 0 Å². The van der Waals surface area contributed by atoms with E-state index in [1.807, 2.05) is 13.8 Å². The maximum absolute atomic E-state index is 4.96. The molecule has 1 fully saturated rings. The normalized spacial score (nSPS) is 19.9. The van der Waals surface area contributed by atoms with Gasteiger partial charge < -0.3 is 4.84 Å². The standard InChI is InChI=1S/C8H14NO/c1-7(2)10-9-6-8-4-3-5-8/h7-8H,3-5H2,1-2H3. The van der Waals surface area contributed by atoms with Crippen LogP contribution in [0.15, 0.2) is 5.16 Å². The van der Waals surface area contributed by atoms with Crippen molar-refractivity contribution in [2.45, 2.75) is 39.2 Å². The summed E-state index contributed by atoms with van der Waals surface area (Å²) < 4.78 is 0. The second-order valence-corrected chi connectivity index (χ2v) is 3.00. The molecule has 0 atom stereocenters. The van der Waals surface area contributed by atoms with E-state index in [1.54, 1.807) is 0 Å². The van der Waals surface area contributed by atoms with Gasteiger partial charge in [0.2, 0.25) is 0 Å². The summed E-state index contributed by atoms with van der Waals surface area (Å²) in [6, 6.07) is 0. The zero-order chi connectivity index (χ0) is 7.40. The smallest absolute Gasteiger partial charge is 0.122 e. The van der Waals surface area contributed by atoms with E-state index >= 15 is 0 Å². The van der Waals surface area contributed by atoms with Crippen LogP contribution in [0.2, 0.25) is 0 Å². The van der Waals surface area contributed by atoms with Crippen molar-refractivity contribution < 1.29 is 4.84 Å². The molecular formula is C8H14NO. The molecule has 0 N–H and O–H groups in total. The van der Waals surface area contributed by atoms with Gasteiger partial charge in [0.15, 0.2) is 0 Å². The van der Waals surface area contributed by atoms with Crippen LogP contribution in [0, 0.1) is 5.92 Å². The third kappa shape index (κ3) is 2.38. The Bertz CT molecular complexity index is 116. The first-order valence-corrected chi connectivity index (χ1v) is 3.90. The first-order valence-electron chi connectivity index (χ1n) is 3.90. The van der Waals surface area contributed by atoms with Gasteiger partial charge in [-0.1, -0.05) is 11.6 Å². The fourth-order valence-electron chi connectivity index (χ4n) is 0.748. The predicted molar refractivity (Wildman–Crippen MR) is 41.0 cm³/mol. The van der Waals surface area contributed by atoms with Gasteiger partial charge in [-0.15, -0.1) is 0 Å². The van der Waals surface area contributed by atoms with Gasteiger partial charge in [0.05, 0.1) is 0 Å². The molecule has 1 aliphatic carbocycles. The van der Waals surface area contributed by atoms with E-state index in [0.717, 1.165) is 0 Å². The van der Waals surface area contributed by atoms with Gasteiger partial charge in [0, 0.05) is 5.92 Å². The van der Waals surface area contributed by atoms with Crippen molar-refractivity contribution in [3.05, 3.63) is 0 Å². The topological polar surface area (TPSA) is 21.6 Å². The first-order chi connectivity index (χ1) is 4.79. The molecule has 0 saturated heterocycles. The minimum atomic E-state index is 0.188. The summed E-state index contributed by atoms with van der Waals surface area (Å²) in [5.74, 6) is 0.582. The minimum absolute atomic E-state index is 0.188. The molecule has 0 unspecified atom stereocenters. The molecule has 1 aliphatic rings. The van der Waals surface area contributed by atoms with Crippen molar-refractivity contribution in [1.82, 2.24) is 0 Å². The summed E-state index contributed by atoms with van der Waals surface area (Å²) in [5.41, 5.74) is 0. The van der Waals surface area contributed by atoms with Crippen molar-refractivity contribution in [2.24, 2.45) is 11.1 Å².